The van der Waals surface area contributed by atoms with Gasteiger partial charge in [0.1, 0.15) is 11.7 Å². The molecular weight excluding hydrogens is 184 g/mol. The van der Waals surface area contributed by atoms with Crippen LogP contribution in [0.15, 0.2) is 12.3 Å². The van der Waals surface area contributed by atoms with Crippen LogP contribution in [0, 0.1) is 17.2 Å². The number of nitriles is 1. The first-order chi connectivity index (χ1) is 4.26. The topological polar surface area (TPSA) is 59.0 Å². The second kappa shape index (κ2) is 4.36. The van der Waals surface area contributed by atoms with Crippen molar-refractivity contribution in [1.82, 2.24) is 0 Å². The van der Waals surface area contributed by atoms with Crippen molar-refractivity contribution in [3.05, 3.63) is 12.3 Å². The van der Waals surface area contributed by atoms with Crippen LogP contribution in [0.25, 0.3) is 0 Å². The Labute approximate surface area is 62.2 Å². The molecule has 0 saturated carbocycles. The summed E-state index contributed by atoms with van der Waals surface area (Å²) in [5.74, 6) is 4.69. The minimum atomic E-state index is -0.352. The Bertz CT molecular complexity index is 140. The summed E-state index contributed by atoms with van der Waals surface area (Å²) in [7, 11) is 0. The first-order valence-corrected chi connectivity index (χ1v) is 3.39. The van der Waals surface area contributed by atoms with E-state index in [1.165, 1.54) is 0 Å². The minimum Gasteiger partial charge on any atom is -0.415 e. The summed E-state index contributed by atoms with van der Waals surface area (Å²) in [4.78, 5) is 4.25. The van der Waals surface area contributed by atoms with Gasteiger partial charge in [-0.25, -0.2) is 0 Å². The third kappa shape index (κ3) is 2.49. The number of rotatable bonds is 3. The summed E-state index contributed by atoms with van der Waals surface area (Å²) < 4.78 is 0. The van der Waals surface area contributed by atoms with E-state index < -0.39 is 0 Å². The fourth-order valence-corrected chi connectivity index (χ4v) is 0.781. The van der Waals surface area contributed by atoms with E-state index >= 15 is 0 Å². The van der Waals surface area contributed by atoms with Gasteiger partial charge in [-0.3, -0.25) is 0 Å². The van der Waals surface area contributed by atoms with Crippen LogP contribution in [0.3, 0.4) is 0 Å². The number of alkyl halides is 1. The third-order valence-electron chi connectivity index (χ3n) is 0.850. The van der Waals surface area contributed by atoms with E-state index in [9.17, 15) is 0 Å². The molecule has 0 radical (unpaired) electrons. The molecular formula is C5H7BrN2O. The monoisotopic (exact) mass is 190 g/mol. The van der Waals surface area contributed by atoms with Crippen molar-refractivity contribution in [2.24, 2.45) is 11.8 Å². The molecule has 9 heavy (non-hydrogen) atoms. The number of nitrogens with two attached hydrogens (primary N) is 1. The van der Waals surface area contributed by atoms with Gasteiger partial charge in [-0.1, -0.05) is 22.5 Å². The van der Waals surface area contributed by atoms with Crippen LogP contribution in [0.2, 0.25) is 0 Å². The summed E-state index contributed by atoms with van der Waals surface area (Å²) in [6.07, 6.45) is 0. The number of hydrogen-bond donors (Lipinski definition) is 1. The van der Waals surface area contributed by atoms with Gasteiger partial charge >= 0.3 is 0 Å². The molecule has 0 fully saturated rings. The van der Waals surface area contributed by atoms with Gasteiger partial charge in [0.2, 0.25) is 0 Å². The molecule has 0 saturated heterocycles. The minimum absolute atomic E-state index is 0.286. The Kier molecular flexibility index (Phi) is 4.10. The number of allylic oxidation sites excluding steroid dienone is 1. The van der Waals surface area contributed by atoms with Crippen molar-refractivity contribution in [1.29, 1.82) is 5.26 Å². The van der Waals surface area contributed by atoms with E-state index in [-0.39, 0.29) is 11.7 Å². The standard InChI is InChI=1S/C5H7BrN2O/c1-4(9-8)5(2-6)3-7/h5H,1-2,8H2/t5-/m0/s1. The van der Waals surface area contributed by atoms with E-state index in [0.717, 1.165) is 0 Å². The lowest BCUT2D eigenvalue weighted by molar-refractivity contribution is 0.202. The Morgan fingerprint density at radius 1 is 2.00 bits per heavy atom. The molecule has 4 heteroatoms. The maximum Gasteiger partial charge on any atom is 0.134 e. The smallest absolute Gasteiger partial charge is 0.134 e. The summed E-state index contributed by atoms with van der Waals surface area (Å²) in [5, 5.41) is 8.85. The van der Waals surface area contributed by atoms with Crippen molar-refractivity contribution in [2.75, 3.05) is 5.33 Å². The van der Waals surface area contributed by atoms with Crippen LogP contribution in [0.4, 0.5) is 0 Å². The van der Waals surface area contributed by atoms with Gasteiger partial charge in [-0.2, -0.15) is 11.2 Å². The average molecular weight is 191 g/mol. The van der Waals surface area contributed by atoms with Gasteiger partial charge in [0.25, 0.3) is 0 Å². The summed E-state index contributed by atoms with van der Waals surface area (Å²) in [5.41, 5.74) is 0. The molecule has 0 bridgehead atoms. The van der Waals surface area contributed by atoms with Gasteiger partial charge in [-0.15, -0.1) is 0 Å². The van der Waals surface area contributed by atoms with Crippen LogP contribution in [0.1, 0.15) is 0 Å². The second-order valence-corrected chi connectivity index (χ2v) is 2.07. The lowest BCUT2D eigenvalue weighted by Gasteiger charge is -2.04. The summed E-state index contributed by atoms with van der Waals surface area (Å²) in [6, 6.07) is 1.95. The molecule has 3 nitrogen and oxygen atoms in total. The zero-order valence-corrected chi connectivity index (χ0v) is 6.39. The molecule has 2 N–H and O–H groups in total. The van der Waals surface area contributed by atoms with E-state index in [0.29, 0.717) is 5.33 Å². The van der Waals surface area contributed by atoms with Gasteiger partial charge in [0.15, 0.2) is 0 Å². The molecule has 0 aromatic carbocycles. The van der Waals surface area contributed by atoms with Crippen LogP contribution < -0.4 is 5.90 Å². The number of hydrogen-bond acceptors (Lipinski definition) is 3. The maximum absolute atomic E-state index is 8.35. The van der Waals surface area contributed by atoms with Gasteiger partial charge in [-0.05, 0) is 0 Å². The van der Waals surface area contributed by atoms with Gasteiger partial charge in [0.05, 0.1) is 6.07 Å². The Balaban J connectivity index is 3.84. The highest BCUT2D eigenvalue weighted by molar-refractivity contribution is 9.09. The number of halogens is 1. The molecule has 0 rings (SSSR count). The zero-order chi connectivity index (χ0) is 7.28. The first-order valence-electron chi connectivity index (χ1n) is 2.27. The Morgan fingerprint density at radius 3 is 2.67 bits per heavy atom. The van der Waals surface area contributed by atoms with Crippen molar-refractivity contribution in [2.45, 2.75) is 0 Å². The van der Waals surface area contributed by atoms with E-state index in [4.69, 9.17) is 11.2 Å². The Hall–Kier alpha value is -0.530. The molecule has 0 aliphatic rings. The van der Waals surface area contributed by atoms with Crippen molar-refractivity contribution < 1.29 is 4.84 Å². The molecule has 0 aromatic heterocycles. The SMILES string of the molecule is C=C(ON)[C@H](C#N)CBr. The van der Waals surface area contributed by atoms with Crippen LogP contribution in [-0.4, -0.2) is 5.33 Å². The van der Waals surface area contributed by atoms with E-state index in [1.54, 1.807) is 0 Å². The molecule has 0 aromatic rings. The molecule has 0 aliphatic carbocycles. The molecule has 0 spiro atoms. The fourth-order valence-electron chi connectivity index (χ4n) is 0.275. The lowest BCUT2D eigenvalue weighted by Crippen LogP contribution is -2.08. The summed E-state index contributed by atoms with van der Waals surface area (Å²) in [6.45, 7) is 3.42. The maximum atomic E-state index is 8.35. The molecule has 0 unspecified atom stereocenters. The number of nitrogens with zero attached hydrogens (tertiary/aromatic N) is 1. The second-order valence-electron chi connectivity index (χ2n) is 1.42. The largest absolute Gasteiger partial charge is 0.415 e. The van der Waals surface area contributed by atoms with Crippen molar-refractivity contribution in [3.8, 4) is 6.07 Å². The highest BCUT2D eigenvalue weighted by Crippen LogP contribution is 2.09. The van der Waals surface area contributed by atoms with E-state index in [1.807, 2.05) is 6.07 Å². The quantitative estimate of drug-likeness (QED) is 0.410. The fraction of sp³-hybridized carbons (Fsp3) is 0.400. The average Bonchev–Trinajstić information content (AvgIpc) is 1.90. The van der Waals surface area contributed by atoms with Crippen LogP contribution in [-0.2, 0) is 4.84 Å². The predicted octanol–water partition coefficient (Wildman–Crippen LogP) is 0.925. The Morgan fingerprint density at radius 2 is 2.56 bits per heavy atom. The van der Waals surface area contributed by atoms with Crippen LogP contribution >= 0.6 is 15.9 Å². The highest BCUT2D eigenvalue weighted by atomic mass is 79.9. The molecule has 0 aliphatic heterocycles. The molecule has 50 valence electrons. The lowest BCUT2D eigenvalue weighted by atomic mass is 10.2. The molecule has 0 amide bonds. The van der Waals surface area contributed by atoms with Gasteiger partial charge in [0, 0.05) is 5.33 Å². The zero-order valence-electron chi connectivity index (χ0n) is 4.80. The predicted molar refractivity (Wildman–Crippen MR) is 37.3 cm³/mol. The van der Waals surface area contributed by atoms with Gasteiger partial charge < -0.3 is 4.84 Å². The van der Waals surface area contributed by atoms with Crippen molar-refractivity contribution >= 4 is 15.9 Å². The normalized spacial score (nSPS) is 11.7. The first kappa shape index (κ1) is 8.47. The van der Waals surface area contributed by atoms with Crippen molar-refractivity contribution in [3.63, 3.8) is 0 Å². The third-order valence-corrected chi connectivity index (χ3v) is 1.50. The van der Waals surface area contributed by atoms with Crippen LogP contribution in [0.5, 0.6) is 0 Å². The highest BCUT2D eigenvalue weighted by Gasteiger charge is 2.09. The summed E-state index contributed by atoms with van der Waals surface area (Å²) >= 11 is 3.10. The van der Waals surface area contributed by atoms with E-state index in [2.05, 4.69) is 27.3 Å². The molecule has 0 heterocycles. The molecule has 1 atom stereocenters.